The Morgan fingerprint density at radius 1 is 1.18 bits per heavy atom. The molecular weight excluding hydrogens is 220 g/mol. The molecule has 2 amide bonds. The summed E-state index contributed by atoms with van der Waals surface area (Å²) in [6, 6.07) is -0.124. The lowest BCUT2D eigenvalue weighted by Gasteiger charge is -2.27. The highest BCUT2D eigenvalue weighted by Crippen LogP contribution is 2.39. The number of carboxylic acids is 1. The van der Waals surface area contributed by atoms with E-state index in [1.165, 1.54) is 0 Å². The molecule has 1 atom stereocenters. The van der Waals surface area contributed by atoms with Gasteiger partial charge in [-0.15, -0.1) is 0 Å². The van der Waals surface area contributed by atoms with Crippen LogP contribution < -0.4 is 10.6 Å². The molecule has 0 heterocycles. The number of amides is 2. The van der Waals surface area contributed by atoms with E-state index in [4.69, 9.17) is 0 Å². The lowest BCUT2D eigenvalue weighted by Crippen LogP contribution is -2.57. The van der Waals surface area contributed by atoms with Gasteiger partial charge in [-0.05, 0) is 38.5 Å². The minimum absolute atomic E-state index is 0.0781. The molecule has 0 aromatic rings. The van der Waals surface area contributed by atoms with Crippen molar-refractivity contribution < 1.29 is 14.7 Å². The molecule has 0 radical (unpaired) electrons. The van der Waals surface area contributed by atoms with Crippen LogP contribution in [0, 0.1) is 5.92 Å². The van der Waals surface area contributed by atoms with Gasteiger partial charge in [0.05, 0.1) is 0 Å². The molecular formula is C12H20N2O3. The summed E-state index contributed by atoms with van der Waals surface area (Å²) in [5, 5.41) is 14.7. The first-order valence-electron chi connectivity index (χ1n) is 6.34. The summed E-state index contributed by atoms with van der Waals surface area (Å²) in [5.74, 6) is -0.865. The second-order valence-corrected chi connectivity index (χ2v) is 5.36. The predicted octanol–water partition coefficient (Wildman–Crippen LogP) is 1.48. The van der Waals surface area contributed by atoms with E-state index in [0.29, 0.717) is 0 Å². The Morgan fingerprint density at radius 3 is 2.24 bits per heavy atom. The molecule has 2 rings (SSSR count). The van der Waals surface area contributed by atoms with E-state index in [2.05, 4.69) is 10.6 Å². The number of rotatable bonds is 4. The minimum atomic E-state index is -1.11. The third-order valence-electron chi connectivity index (χ3n) is 3.90. The van der Waals surface area contributed by atoms with Gasteiger partial charge in [0.2, 0.25) is 0 Å². The predicted molar refractivity (Wildman–Crippen MR) is 62.7 cm³/mol. The van der Waals surface area contributed by atoms with Crippen molar-refractivity contribution in [2.45, 2.75) is 57.0 Å². The molecule has 2 aliphatic carbocycles. The average Bonchev–Trinajstić information content (AvgIpc) is 2.99. The molecule has 96 valence electrons. The molecule has 1 unspecified atom stereocenters. The third-order valence-corrected chi connectivity index (χ3v) is 3.90. The van der Waals surface area contributed by atoms with Crippen LogP contribution in [0.25, 0.3) is 0 Å². The number of hydrogen-bond donors (Lipinski definition) is 3. The molecule has 0 saturated heterocycles. The van der Waals surface area contributed by atoms with Crippen molar-refractivity contribution in [2.24, 2.45) is 5.92 Å². The second-order valence-electron chi connectivity index (χ2n) is 5.36. The Balaban J connectivity index is 1.89. The van der Waals surface area contributed by atoms with Crippen LogP contribution in [0.15, 0.2) is 0 Å². The van der Waals surface area contributed by atoms with Crippen LogP contribution in [0.1, 0.15) is 45.4 Å². The van der Waals surface area contributed by atoms with Crippen molar-refractivity contribution >= 4 is 12.0 Å². The maximum atomic E-state index is 11.8. The first-order valence-corrected chi connectivity index (χ1v) is 6.34. The standard InChI is InChI=1S/C12H20N2O3/c1-12(10(15)16,8-6-7-8)14-11(17)13-9-4-2-3-5-9/h8-9H,2-7H2,1H3,(H,15,16)(H2,13,14,17). The fraction of sp³-hybridized carbons (Fsp3) is 0.833. The van der Waals surface area contributed by atoms with Crippen molar-refractivity contribution in [3.63, 3.8) is 0 Å². The highest BCUT2D eigenvalue weighted by Gasteiger charge is 2.48. The first-order chi connectivity index (χ1) is 8.02. The summed E-state index contributed by atoms with van der Waals surface area (Å²) in [6.07, 6.45) is 6.05. The second kappa shape index (κ2) is 4.55. The van der Waals surface area contributed by atoms with Gasteiger partial charge in [0, 0.05) is 6.04 Å². The number of aliphatic carboxylic acids is 1. The number of carboxylic acid groups (broad SMARTS) is 1. The monoisotopic (exact) mass is 240 g/mol. The molecule has 5 heteroatoms. The van der Waals surface area contributed by atoms with Crippen LogP contribution in [-0.4, -0.2) is 28.7 Å². The topological polar surface area (TPSA) is 78.4 Å². The Labute approximate surface area is 101 Å². The SMILES string of the molecule is CC(NC(=O)NC1CCCC1)(C(=O)O)C1CC1. The summed E-state index contributed by atoms with van der Waals surface area (Å²) < 4.78 is 0. The molecule has 0 aromatic heterocycles. The fourth-order valence-corrected chi connectivity index (χ4v) is 2.52. The van der Waals surface area contributed by atoms with Gasteiger partial charge < -0.3 is 15.7 Å². The summed E-state index contributed by atoms with van der Waals surface area (Å²) in [7, 11) is 0. The van der Waals surface area contributed by atoms with Gasteiger partial charge in [-0.3, -0.25) is 0 Å². The fourth-order valence-electron chi connectivity index (χ4n) is 2.52. The zero-order valence-corrected chi connectivity index (χ0v) is 10.2. The normalized spacial score (nSPS) is 24.1. The van der Waals surface area contributed by atoms with Crippen LogP contribution in [0.2, 0.25) is 0 Å². The van der Waals surface area contributed by atoms with E-state index in [-0.39, 0.29) is 18.0 Å². The van der Waals surface area contributed by atoms with E-state index in [9.17, 15) is 14.7 Å². The maximum absolute atomic E-state index is 11.8. The summed E-state index contributed by atoms with van der Waals surface area (Å²) in [4.78, 5) is 23.0. The number of carbonyl (C=O) groups excluding carboxylic acids is 1. The van der Waals surface area contributed by atoms with Gasteiger partial charge in [0.1, 0.15) is 5.54 Å². The van der Waals surface area contributed by atoms with Crippen LogP contribution in [0.5, 0.6) is 0 Å². The first kappa shape index (κ1) is 12.2. The Kier molecular flexibility index (Phi) is 3.26. The van der Waals surface area contributed by atoms with Gasteiger partial charge in [-0.25, -0.2) is 9.59 Å². The van der Waals surface area contributed by atoms with Crippen LogP contribution in [0.4, 0.5) is 4.79 Å². The van der Waals surface area contributed by atoms with E-state index in [1.54, 1.807) is 6.92 Å². The Morgan fingerprint density at radius 2 is 1.76 bits per heavy atom. The Bertz CT molecular complexity index is 322. The molecule has 3 N–H and O–H groups in total. The molecule has 2 fully saturated rings. The molecule has 2 saturated carbocycles. The van der Waals surface area contributed by atoms with Crippen LogP contribution in [-0.2, 0) is 4.79 Å². The highest BCUT2D eigenvalue weighted by atomic mass is 16.4. The van der Waals surface area contributed by atoms with Crippen molar-refractivity contribution in [1.29, 1.82) is 0 Å². The molecule has 5 nitrogen and oxygen atoms in total. The van der Waals surface area contributed by atoms with Crippen molar-refractivity contribution in [3.8, 4) is 0 Å². The molecule has 2 aliphatic rings. The van der Waals surface area contributed by atoms with E-state index in [0.717, 1.165) is 38.5 Å². The minimum Gasteiger partial charge on any atom is -0.480 e. The largest absolute Gasteiger partial charge is 0.480 e. The number of carbonyl (C=O) groups is 2. The molecule has 0 bridgehead atoms. The van der Waals surface area contributed by atoms with Gasteiger partial charge in [-0.2, -0.15) is 0 Å². The van der Waals surface area contributed by atoms with Gasteiger partial charge in [0.15, 0.2) is 0 Å². The van der Waals surface area contributed by atoms with Crippen molar-refractivity contribution in [1.82, 2.24) is 10.6 Å². The van der Waals surface area contributed by atoms with Gasteiger partial charge in [0.25, 0.3) is 0 Å². The lowest BCUT2D eigenvalue weighted by atomic mass is 9.96. The molecule has 0 aromatic carbocycles. The summed E-state index contributed by atoms with van der Waals surface area (Å²) in [6.45, 7) is 1.60. The molecule has 17 heavy (non-hydrogen) atoms. The van der Waals surface area contributed by atoms with Crippen LogP contribution >= 0.6 is 0 Å². The number of hydrogen-bond acceptors (Lipinski definition) is 2. The van der Waals surface area contributed by atoms with Gasteiger partial charge >= 0.3 is 12.0 Å². The quantitative estimate of drug-likeness (QED) is 0.696. The van der Waals surface area contributed by atoms with Crippen molar-refractivity contribution in [2.75, 3.05) is 0 Å². The molecule has 0 aliphatic heterocycles. The zero-order valence-electron chi connectivity index (χ0n) is 10.2. The van der Waals surface area contributed by atoms with E-state index in [1.807, 2.05) is 0 Å². The highest BCUT2D eigenvalue weighted by molar-refractivity contribution is 5.86. The van der Waals surface area contributed by atoms with E-state index < -0.39 is 11.5 Å². The lowest BCUT2D eigenvalue weighted by molar-refractivity contribution is -0.144. The summed E-state index contributed by atoms with van der Waals surface area (Å²) >= 11 is 0. The average molecular weight is 240 g/mol. The summed E-state index contributed by atoms with van der Waals surface area (Å²) in [5.41, 5.74) is -1.11. The third kappa shape index (κ3) is 2.70. The Hall–Kier alpha value is -1.26. The zero-order chi connectivity index (χ0) is 12.5. The number of nitrogens with one attached hydrogen (secondary N) is 2. The smallest absolute Gasteiger partial charge is 0.329 e. The van der Waals surface area contributed by atoms with Crippen molar-refractivity contribution in [3.05, 3.63) is 0 Å². The molecule has 0 spiro atoms. The number of urea groups is 1. The van der Waals surface area contributed by atoms with Gasteiger partial charge in [-0.1, -0.05) is 12.8 Å². The maximum Gasteiger partial charge on any atom is 0.329 e. The van der Waals surface area contributed by atoms with E-state index >= 15 is 0 Å². The van der Waals surface area contributed by atoms with Crippen LogP contribution in [0.3, 0.4) is 0 Å².